The van der Waals surface area contributed by atoms with Crippen molar-refractivity contribution in [2.75, 3.05) is 0 Å². The van der Waals surface area contributed by atoms with Crippen molar-refractivity contribution < 1.29 is 5.11 Å². The Morgan fingerprint density at radius 3 is 2.17 bits per heavy atom. The lowest BCUT2D eigenvalue weighted by atomic mass is 9.72. The van der Waals surface area contributed by atoms with Crippen LogP contribution in [0.2, 0.25) is 0 Å². The van der Waals surface area contributed by atoms with Crippen molar-refractivity contribution in [1.82, 2.24) is 0 Å². The van der Waals surface area contributed by atoms with Crippen LogP contribution in [0, 0.1) is 11.8 Å². The third-order valence-electron chi connectivity index (χ3n) is 2.98. The fraction of sp³-hybridized carbons (Fsp3) is 1.00. The molecule has 2 unspecified atom stereocenters. The molecule has 0 aliphatic heterocycles. The van der Waals surface area contributed by atoms with Gasteiger partial charge in [0.25, 0.3) is 0 Å². The molecule has 0 aromatic rings. The maximum absolute atomic E-state index is 10.2. The van der Waals surface area contributed by atoms with Crippen LogP contribution in [0.1, 0.15) is 52.9 Å². The van der Waals surface area contributed by atoms with Gasteiger partial charge >= 0.3 is 0 Å². The largest absolute Gasteiger partial charge is 0.390 e. The van der Waals surface area contributed by atoms with E-state index in [9.17, 15) is 5.11 Å². The van der Waals surface area contributed by atoms with Gasteiger partial charge in [-0.05, 0) is 37.5 Å². The lowest BCUT2D eigenvalue weighted by Gasteiger charge is -2.39. The lowest BCUT2D eigenvalue weighted by molar-refractivity contribution is -0.0379. The van der Waals surface area contributed by atoms with Crippen LogP contribution in [0.25, 0.3) is 0 Å². The van der Waals surface area contributed by atoms with E-state index < -0.39 is 0 Å². The van der Waals surface area contributed by atoms with E-state index in [1.165, 1.54) is 6.42 Å². The van der Waals surface area contributed by atoms with Gasteiger partial charge in [0.2, 0.25) is 0 Å². The first-order valence-corrected chi connectivity index (χ1v) is 5.28. The first kappa shape index (κ1) is 10.0. The van der Waals surface area contributed by atoms with Crippen LogP contribution in [0.3, 0.4) is 0 Å². The fourth-order valence-electron chi connectivity index (χ4n) is 2.90. The molecule has 0 amide bonds. The summed E-state index contributed by atoms with van der Waals surface area (Å²) in [6.45, 7) is 6.68. The van der Waals surface area contributed by atoms with Gasteiger partial charge in [0.05, 0.1) is 5.60 Å². The van der Waals surface area contributed by atoms with E-state index in [-0.39, 0.29) is 5.60 Å². The number of hydrogen-bond donors (Lipinski definition) is 1. The lowest BCUT2D eigenvalue weighted by Crippen LogP contribution is -2.37. The van der Waals surface area contributed by atoms with Gasteiger partial charge in [0.1, 0.15) is 0 Å². The molecule has 1 fully saturated rings. The molecule has 0 spiro atoms. The molecule has 0 aromatic carbocycles. The molecule has 1 rings (SSSR count). The van der Waals surface area contributed by atoms with Crippen molar-refractivity contribution in [2.45, 2.75) is 58.5 Å². The fourth-order valence-corrected chi connectivity index (χ4v) is 2.90. The normalized spacial score (nSPS) is 43.0. The standard InChI is InChI=1S/C11H22O/c1-4-5-11(12)7-9(2)6-10(3)8-11/h9-10,12H,4-8H2,1-3H3. The highest BCUT2D eigenvalue weighted by Gasteiger charge is 2.34. The van der Waals surface area contributed by atoms with Crippen molar-refractivity contribution in [2.24, 2.45) is 11.8 Å². The molecular weight excluding hydrogens is 148 g/mol. The number of rotatable bonds is 2. The second kappa shape index (κ2) is 3.78. The first-order chi connectivity index (χ1) is 5.56. The summed E-state index contributed by atoms with van der Waals surface area (Å²) in [7, 11) is 0. The highest BCUT2D eigenvalue weighted by Crippen LogP contribution is 2.38. The smallest absolute Gasteiger partial charge is 0.0652 e. The van der Waals surface area contributed by atoms with Crippen LogP contribution in [-0.2, 0) is 0 Å². The van der Waals surface area contributed by atoms with Crippen molar-refractivity contribution in [3.05, 3.63) is 0 Å². The molecule has 1 nitrogen and oxygen atoms in total. The third-order valence-corrected chi connectivity index (χ3v) is 2.98. The van der Waals surface area contributed by atoms with Gasteiger partial charge in [-0.1, -0.05) is 27.2 Å². The predicted octanol–water partition coefficient (Wildman–Crippen LogP) is 2.97. The maximum Gasteiger partial charge on any atom is 0.0652 e. The topological polar surface area (TPSA) is 20.2 Å². The van der Waals surface area contributed by atoms with Crippen LogP contribution >= 0.6 is 0 Å². The summed E-state index contributed by atoms with van der Waals surface area (Å²) in [6.07, 6.45) is 5.43. The van der Waals surface area contributed by atoms with E-state index in [1.54, 1.807) is 0 Å². The van der Waals surface area contributed by atoms with Gasteiger partial charge in [-0.25, -0.2) is 0 Å². The zero-order chi connectivity index (χ0) is 9.19. The molecular formula is C11H22O. The molecule has 0 heterocycles. The second-order valence-corrected chi connectivity index (χ2v) is 4.83. The number of aliphatic hydroxyl groups is 1. The zero-order valence-electron chi connectivity index (χ0n) is 8.64. The second-order valence-electron chi connectivity index (χ2n) is 4.83. The van der Waals surface area contributed by atoms with Gasteiger partial charge in [-0.3, -0.25) is 0 Å². The Morgan fingerprint density at radius 2 is 1.75 bits per heavy atom. The minimum absolute atomic E-state index is 0.328. The molecule has 1 saturated carbocycles. The Bertz CT molecular complexity index is 132. The number of hydrogen-bond acceptors (Lipinski definition) is 1. The average Bonchev–Trinajstić information content (AvgIpc) is 1.82. The summed E-state index contributed by atoms with van der Waals surface area (Å²) in [5, 5.41) is 10.2. The van der Waals surface area contributed by atoms with E-state index in [1.807, 2.05) is 0 Å². The molecule has 1 heteroatoms. The summed E-state index contributed by atoms with van der Waals surface area (Å²) >= 11 is 0. The Morgan fingerprint density at radius 1 is 1.25 bits per heavy atom. The Balaban J connectivity index is 2.52. The SMILES string of the molecule is CCCC1(O)CC(C)CC(C)C1. The van der Waals surface area contributed by atoms with E-state index >= 15 is 0 Å². The van der Waals surface area contributed by atoms with Gasteiger partial charge in [-0.15, -0.1) is 0 Å². The molecule has 0 bridgehead atoms. The quantitative estimate of drug-likeness (QED) is 0.675. The van der Waals surface area contributed by atoms with E-state index in [0.29, 0.717) is 11.8 Å². The molecule has 1 N–H and O–H groups in total. The molecule has 0 aromatic heterocycles. The molecule has 1 aliphatic rings. The first-order valence-electron chi connectivity index (χ1n) is 5.28. The molecule has 72 valence electrons. The predicted molar refractivity (Wildman–Crippen MR) is 52.0 cm³/mol. The molecule has 1 aliphatic carbocycles. The summed E-state index contributed by atoms with van der Waals surface area (Å²) in [5.74, 6) is 1.43. The van der Waals surface area contributed by atoms with Crippen LogP contribution in [0.5, 0.6) is 0 Å². The van der Waals surface area contributed by atoms with Crippen LogP contribution in [0.15, 0.2) is 0 Å². The third kappa shape index (κ3) is 2.48. The molecule has 0 radical (unpaired) electrons. The summed E-state index contributed by atoms with van der Waals surface area (Å²) in [5.41, 5.74) is -0.328. The van der Waals surface area contributed by atoms with E-state index in [4.69, 9.17) is 0 Å². The molecule has 12 heavy (non-hydrogen) atoms. The average molecular weight is 170 g/mol. The summed E-state index contributed by atoms with van der Waals surface area (Å²) in [4.78, 5) is 0. The van der Waals surface area contributed by atoms with Gasteiger partial charge in [-0.2, -0.15) is 0 Å². The van der Waals surface area contributed by atoms with Crippen molar-refractivity contribution in [3.8, 4) is 0 Å². The van der Waals surface area contributed by atoms with Crippen molar-refractivity contribution in [3.63, 3.8) is 0 Å². The highest BCUT2D eigenvalue weighted by atomic mass is 16.3. The van der Waals surface area contributed by atoms with Gasteiger partial charge in [0.15, 0.2) is 0 Å². The van der Waals surface area contributed by atoms with Crippen LogP contribution in [-0.4, -0.2) is 10.7 Å². The van der Waals surface area contributed by atoms with E-state index in [0.717, 1.165) is 25.7 Å². The summed E-state index contributed by atoms with van der Waals surface area (Å²) < 4.78 is 0. The molecule has 0 saturated heterocycles. The van der Waals surface area contributed by atoms with E-state index in [2.05, 4.69) is 20.8 Å². The van der Waals surface area contributed by atoms with Crippen molar-refractivity contribution in [1.29, 1.82) is 0 Å². The van der Waals surface area contributed by atoms with Crippen molar-refractivity contribution >= 4 is 0 Å². The molecule has 2 atom stereocenters. The minimum atomic E-state index is -0.328. The summed E-state index contributed by atoms with van der Waals surface area (Å²) in [6, 6.07) is 0. The minimum Gasteiger partial charge on any atom is -0.390 e. The Kier molecular flexibility index (Phi) is 3.16. The van der Waals surface area contributed by atoms with Gasteiger partial charge < -0.3 is 5.11 Å². The highest BCUT2D eigenvalue weighted by molar-refractivity contribution is 4.87. The van der Waals surface area contributed by atoms with Crippen LogP contribution < -0.4 is 0 Å². The Labute approximate surface area is 76.2 Å². The Hall–Kier alpha value is -0.0400. The van der Waals surface area contributed by atoms with Gasteiger partial charge in [0, 0.05) is 0 Å². The monoisotopic (exact) mass is 170 g/mol. The van der Waals surface area contributed by atoms with Crippen LogP contribution in [0.4, 0.5) is 0 Å². The maximum atomic E-state index is 10.2. The zero-order valence-corrected chi connectivity index (χ0v) is 8.64.